The van der Waals surface area contributed by atoms with Crippen LogP contribution in [0.2, 0.25) is 0 Å². The van der Waals surface area contributed by atoms with Gasteiger partial charge in [-0.25, -0.2) is 14.6 Å². The van der Waals surface area contributed by atoms with E-state index in [2.05, 4.69) is 46.3 Å². The molecule has 3 aromatic carbocycles. The smallest absolute Gasteiger partial charge is 0.211 e. The second-order valence-corrected chi connectivity index (χ2v) is 11.9. The predicted molar refractivity (Wildman–Crippen MR) is 184 cm³/mol. The van der Waals surface area contributed by atoms with Crippen molar-refractivity contribution in [2.24, 2.45) is 0 Å². The van der Waals surface area contributed by atoms with E-state index in [-0.39, 0.29) is 5.41 Å². The minimum Gasteiger partial charge on any atom is -0.492 e. The van der Waals surface area contributed by atoms with E-state index in [1.807, 2.05) is 79.8 Å². The summed E-state index contributed by atoms with van der Waals surface area (Å²) in [7, 11) is 1.89. The molecule has 4 N–H and O–H groups in total. The maximum atomic E-state index is 10.1. The number of rotatable bonds is 9. The first kappa shape index (κ1) is 32.4. The molecule has 0 radical (unpaired) electrons. The van der Waals surface area contributed by atoms with E-state index in [0.717, 1.165) is 72.3 Å². The molecule has 0 atom stereocenters. The molecule has 11 nitrogen and oxygen atoms in total. The lowest BCUT2D eigenvalue weighted by Crippen LogP contribution is -2.38. The molecule has 0 saturated carbocycles. The summed E-state index contributed by atoms with van der Waals surface area (Å²) in [4.78, 5) is 21.2. The highest BCUT2D eigenvalue weighted by Gasteiger charge is 2.18. The summed E-state index contributed by atoms with van der Waals surface area (Å²) in [6.45, 7) is 11.5. The van der Waals surface area contributed by atoms with E-state index in [9.17, 15) is 4.79 Å². The fourth-order valence-corrected chi connectivity index (χ4v) is 5.09. The predicted octanol–water partition coefficient (Wildman–Crippen LogP) is 5.37. The molecule has 1 aliphatic rings. The molecule has 46 heavy (non-hydrogen) atoms. The van der Waals surface area contributed by atoms with Crippen molar-refractivity contribution in [1.29, 1.82) is 0 Å². The second kappa shape index (κ2) is 14.9. The fourth-order valence-electron chi connectivity index (χ4n) is 5.09. The van der Waals surface area contributed by atoms with Crippen molar-refractivity contribution >= 4 is 34.6 Å². The van der Waals surface area contributed by atoms with Gasteiger partial charge < -0.3 is 25.8 Å². The highest BCUT2D eigenvalue weighted by Crippen LogP contribution is 2.32. The Balaban J connectivity index is 0.000000270. The van der Waals surface area contributed by atoms with Crippen LogP contribution in [0, 0.1) is 0 Å². The summed E-state index contributed by atoms with van der Waals surface area (Å²) in [6.07, 6.45) is 2.15. The van der Waals surface area contributed by atoms with Gasteiger partial charge in [-0.05, 0) is 71.6 Å². The summed E-state index contributed by atoms with van der Waals surface area (Å²) in [5.74, 6) is 1.22. The van der Waals surface area contributed by atoms with Crippen molar-refractivity contribution in [1.82, 2.24) is 24.6 Å². The first-order valence-corrected chi connectivity index (χ1v) is 15.4. The second-order valence-electron chi connectivity index (χ2n) is 11.9. The van der Waals surface area contributed by atoms with Crippen molar-refractivity contribution in [2.45, 2.75) is 26.2 Å². The van der Waals surface area contributed by atoms with Crippen LogP contribution >= 0.6 is 0 Å². The van der Waals surface area contributed by atoms with Crippen molar-refractivity contribution < 1.29 is 14.3 Å². The van der Waals surface area contributed by atoms with Gasteiger partial charge in [0.15, 0.2) is 5.65 Å². The van der Waals surface area contributed by atoms with Gasteiger partial charge in [-0.1, -0.05) is 32.9 Å². The maximum absolute atomic E-state index is 10.1. The van der Waals surface area contributed by atoms with Gasteiger partial charge in [0.05, 0.1) is 24.3 Å². The number of hydrogen-bond donors (Lipinski definition) is 3. The van der Waals surface area contributed by atoms with Crippen molar-refractivity contribution in [3.63, 3.8) is 0 Å². The highest BCUT2D eigenvalue weighted by molar-refractivity contribution is 5.99. The van der Waals surface area contributed by atoms with Gasteiger partial charge in [0.2, 0.25) is 6.41 Å². The van der Waals surface area contributed by atoms with Crippen LogP contribution in [0.3, 0.4) is 0 Å². The van der Waals surface area contributed by atoms with Crippen LogP contribution in [0.4, 0.5) is 17.2 Å². The van der Waals surface area contributed by atoms with Crippen molar-refractivity contribution in [3.05, 3.63) is 84.7 Å². The van der Waals surface area contributed by atoms with Crippen LogP contribution in [0.5, 0.6) is 5.75 Å². The minimum absolute atomic E-state index is 0.166. The number of hydrogen-bond acceptors (Lipinski definition) is 9. The van der Waals surface area contributed by atoms with E-state index >= 15 is 0 Å². The Morgan fingerprint density at radius 2 is 1.61 bits per heavy atom. The maximum Gasteiger partial charge on any atom is 0.211 e. The summed E-state index contributed by atoms with van der Waals surface area (Å²) >= 11 is 0. The summed E-state index contributed by atoms with van der Waals surface area (Å²) < 4.78 is 13.1. The number of ether oxygens (including phenoxy) is 2. The summed E-state index contributed by atoms with van der Waals surface area (Å²) in [6, 6.07) is 23.8. The highest BCUT2D eigenvalue weighted by atomic mass is 16.5. The molecule has 1 amide bonds. The van der Waals surface area contributed by atoms with Crippen LogP contribution in [0.1, 0.15) is 26.3 Å². The molecule has 1 aliphatic heterocycles. The Morgan fingerprint density at radius 1 is 0.935 bits per heavy atom. The Hall–Kier alpha value is -5.00. The zero-order chi connectivity index (χ0) is 32.5. The number of nitrogen functional groups attached to an aromatic ring is 1. The van der Waals surface area contributed by atoms with Gasteiger partial charge in [0.1, 0.15) is 30.2 Å². The molecular weight excluding hydrogens is 580 g/mol. The first-order valence-electron chi connectivity index (χ1n) is 15.4. The number of carbonyl (C=O) groups excluding carboxylic acids is 1. The third kappa shape index (κ3) is 7.98. The van der Waals surface area contributed by atoms with E-state index in [1.165, 1.54) is 11.9 Å². The zero-order valence-corrected chi connectivity index (χ0v) is 26.9. The molecule has 11 heteroatoms. The molecule has 0 spiro atoms. The van der Waals surface area contributed by atoms with Gasteiger partial charge in [-0.3, -0.25) is 9.69 Å². The number of nitrogens with one attached hydrogen (secondary N) is 2. The largest absolute Gasteiger partial charge is 0.492 e. The van der Waals surface area contributed by atoms with Crippen molar-refractivity contribution in [3.8, 4) is 22.7 Å². The number of aromatic nitrogens is 4. The summed E-state index contributed by atoms with van der Waals surface area (Å²) in [5.41, 5.74) is 12.8. The number of carbonyl (C=O) groups is 1. The third-order valence-electron chi connectivity index (χ3n) is 7.78. The van der Waals surface area contributed by atoms with Gasteiger partial charge in [0, 0.05) is 43.6 Å². The Morgan fingerprint density at radius 3 is 2.24 bits per heavy atom. The summed E-state index contributed by atoms with van der Waals surface area (Å²) in [5, 5.41) is 11.3. The van der Waals surface area contributed by atoms with Crippen LogP contribution < -0.4 is 21.1 Å². The molecule has 1 saturated heterocycles. The molecule has 1 fully saturated rings. The monoisotopic (exact) mass is 622 g/mol. The molecule has 0 bridgehead atoms. The number of fused-ring (bicyclic) bond motifs is 1. The molecule has 0 aliphatic carbocycles. The number of amides is 1. The standard InChI is InChI=1S/C24H27N7O2.C11H15NO/c1-26-18-4-6-19(7-5-18)31-24-21(23(25)27-16-28-24)22(29-31)17-2-8-20(9-3-17)33-15-12-30-10-13-32-14-11-30;1-11(2,3)9-4-6-10(7-5-9)12-8-13/h2-9,16,26H,10-15H2,1H3,(H2,25,27,28);4-8H,1-3H3,(H,12,13). The quantitative estimate of drug-likeness (QED) is 0.186. The van der Waals surface area contributed by atoms with E-state index in [0.29, 0.717) is 24.5 Å². The van der Waals surface area contributed by atoms with Gasteiger partial charge in [0.25, 0.3) is 0 Å². The van der Waals surface area contributed by atoms with E-state index in [4.69, 9.17) is 20.3 Å². The average molecular weight is 623 g/mol. The lowest BCUT2D eigenvalue weighted by Gasteiger charge is -2.26. The normalized spacial score (nSPS) is 13.5. The van der Waals surface area contributed by atoms with Gasteiger partial charge in [-0.15, -0.1) is 0 Å². The first-order chi connectivity index (χ1) is 22.3. The Bertz CT molecular complexity index is 1710. The minimum atomic E-state index is 0.166. The lowest BCUT2D eigenvalue weighted by molar-refractivity contribution is -0.105. The zero-order valence-electron chi connectivity index (χ0n) is 26.9. The number of nitrogens with zero attached hydrogens (tertiary/aromatic N) is 5. The van der Waals surface area contributed by atoms with E-state index < -0.39 is 0 Å². The Labute approximate surface area is 269 Å². The number of morpholine rings is 1. The van der Waals surface area contributed by atoms with Crippen LogP contribution in [0.25, 0.3) is 28.0 Å². The SMILES string of the molecule is CC(C)(C)c1ccc(NC=O)cc1.CNc1ccc(-n2nc(-c3ccc(OCCN4CCOCC4)cc3)c3c(N)ncnc32)cc1. The lowest BCUT2D eigenvalue weighted by atomic mass is 9.87. The Kier molecular flexibility index (Phi) is 10.5. The fraction of sp³-hybridized carbons (Fsp3) is 0.314. The average Bonchev–Trinajstić information content (AvgIpc) is 3.47. The molecule has 6 rings (SSSR count). The molecule has 0 unspecified atom stereocenters. The topological polar surface area (TPSA) is 132 Å². The van der Waals surface area contributed by atoms with E-state index in [1.54, 1.807) is 4.68 Å². The third-order valence-corrected chi connectivity index (χ3v) is 7.78. The number of benzene rings is 3. The molecule has 240 valence electrons. The van der Waals surface area contributed by atoms with Gasteiger partial charge in [-0.2, -0.15) is 5.10 Å². The molecule has 2 aromatic heterocycles. The molecule has 3 heterocycles. The van der Waals surface area contributed by atoms with Crippen LogP contribution in [-0.2, 0) is 14.9 Å². The number of nitrogens with two attached hydrogens (primary N) is 1. The number of anilines is 3. The van der Waals surface area contributed by atoms with Gasteiger partial charge >= 0.3 is 0 Å². The molecular formula is C35H42N8O3. The van der Waals surface area contributed by atoms with Crippen LogP contribution in [-0.4, -0.2) is 77.6 Å². The molecule has 5 aromatic rings. The van der Waals surface area contributed by atoms with Crippen LogP contribution in [0.15, 0.2) is 79.1 Å². The van der Waals surface area contributed by atoms with Crippen molar-refractivity contribution in [2.75, 3.05) is 62.9 Å².